The van der Waals surface area contributed by atoms with E-state index in [-0.39, 0.29) is 0 Å². The van der Waals surface area contributed by atoms with Gasteiger partial charge in [0.05, 0.1) is 11.2 Å². The van der Waals surface area contributed by atoms with Crippen LogP contribution in [0.3, 0.4) is 0 Å². The summed E-state index contributed by atoms with van der Waals surface area (Å²) in [6.45, 7) is 2.72. The Kier molecular flexibility index (Phi) is 3.75. The van der Waals surface area contributed by atoms with Gasteiger partial charge in [0, 0.05) is 24.0 Å². The standard InChI is InChI=1S/C13H14Cl2N2/c1-2-13(15,9-17-8-7-16-10-17)11-5-3-4-6-12(11)14/h3-8,10H,2,9H2,1H3. The molecular formula is C13H14Cl2N2. The van der Waals surface area contributed by atoms with Gasteiger partial charge < -0.3 is 4.57 Å². The Morgan fingerprint density at radius 3 is 2.71 bits per heavy atom. The van der Waals surface area contributed by atoms with E-state index in [1.807, 2.05) is 35.0 Å². The highest BCUT2D eigenvalue weighted by atomic mass is 35.5. The highest BCUT2D eigenvalue weighted by molar-refractivity contribution is 6.33. The van der Waals surface area contributed by atoms with Crippen LogP contribution in [0.2, 0.25) is 5.02 Å². The van der Waals surface area contributed by atoms with Crippen molar-refractivity contribution < 1.29 is 0 Å². The highest BCUT2D eigenvalue weighted by Gasteiger charge is 2.29. The van der Waals surface area contributed by atoms with Crippen molar-refractivity contribution in [1.82, 2.24) is 9.55 Å². The summed E-state index contributed by atoms with van der Waals surface area (Å²) in [6.07, 6.45) is 6.23. The van der Waals surface area contributed by atoms with E-state index < -0.39 is 4.87 Å². The molecule has 0 fully saturated rings. The van der Waals surface area contributed by atoms with Crippen LogP contribution in [0.1, 0.15) is 18.9 Å². The van der Waals surface area contributed by atoms with Crippen molar-refractivity contribution in [2.24, 2.45) is 0 Å². The van der Waals surface area contributed by atoms with Gasteiger partial charge in [-0.1, -0.05) is 36.7 Å². The van der Waals surface area contributed by atoms with Crippen LogP contribution in [0.5, 0.6) is 0 Å². The molecule has 1 aromatic heterocycles. The van der Waals surface area contributed by atoms with E-state index in [1.165, 1.54) is 0 Å². The van der Waals surface area contributed by atoms with Gasteiger partial charge in [-0.2, -0.15) is 0 Å². The average Bonchev–Trinajstić information content (AvgIpc) is 2.82. The second-order valence-electron chi connectivity index (χ2n) is 4.03. The van der Waals surface area contributed by atoms with Crippen molar-refractivity contribution in [1.29, 1.82) is 0 Å². The summed E-state index contributed by atoms with van der Waals surface area (Å²) in [5.74, 6) is 0. The molecule has 1 unspecified atom stereocenters. The van der Waals surface area contributed by atoms with Crippen LogP contribution in [0.4, 0.5) is 0 Å². The van der Waals surface area contributed by atoms with Crippen LogP contribution >= 0.6 is 23.2 Å². The lowest BCUT2D eigenvalue weighted by atomic mass is 9.95. The zero-order chi connectivity index (χ0) is 12.3. The Morgan fingerprint density at radius 2 is 2.12 bits per heavy atom. The maximum Gasteiger partial charge on any atom is 0.0946 e. The smallest absolute Gasteiger partial charge is 0.0946 e. The molecule has 0 aliphatic rings. The maximum absolute atomic E-state index is 6.71. The molecule has 0 bridgehead atoms. The summed E-state index contributed by atoms with van der Waals surface area (Å²) in [5.41, 5.74) is 0.972. The number of aromatic nitrogens is 2. The third-order valence-corrected chi connectivity index (χ3v) is 3.83. The van der Waals surface area contributed by atoms with Gasteiger partial charge in [0.15, 0.2) is 0 Å². The fourth-order valence-electron chi connectivity index (χ4n) is 1.88. The molecule has 0 N–H and O–H groups in total. The fourth-order valence-corrected chi connectivity index (χ4v) is 2.55. The molecule has 4 heteroatoms. The second kappa shape index (κ2) is 5.11. The molecule has 0 saturated heterocycles. The largest absolute Gasteiger partial charge is 0.335 e. The first kappa shape index (κ1) is 12.5. The molecule has 0 spiro atoms. The molecule has 0 aliphatic carbocycles. The molecule has 2 aromatic rings. The number of benzene rings is 1. The van der Waals surface area contributed by atoms with Crippen LogP contribution in [-0.4, -0.2) is 9.55 Å². The number of rotatable bonds is 4. The molecule has 0 radical (unpaired) electrons. The summed E-state index contributed by atoms with van der Waals surface area (Å²) in [5, 5.41) is 0.712. The van der Waals surface area contributed by atoms with Crippen molar-refractivity contribution in [3.8, 4) is 0 Å². The number of alkyl halides is 1. The number of halogens is 2. The molecule has 0 aliphatic heterocycles. The normalized spacial score (nSPS) is 14.5. The van der Waals surface area contributed by atoms with Gasteiger partial charge >= 0.3 is 0 Å². The molecule has 90 valence electrons. The van der Waals surface area contributed by atoms with E-state index in [1.54, 1.807) is 12.5 Å². The second-order valence-corrected chi connectivity index (χ2v) is 5.16. The zero-order valence-electron chi connectivity index (χ0n) is 9.61. The molecule has 2 nitrogen and oxygen atoms in total. The van der Waals surface area contributed by atoms with Crippen molar-refractivity contribution in [3.63, 3.8) is 0 Å². The lowest BCUT2D eigenvalue weighted by molar-refractivity contribution is 0.486. The van der Waals surface area contributed by atoms with E-state index in [0.29, 0.717) is 11.6 Å². The lowest BCUT2D eigenvalue weighted by Crippen LogP contribution is -2.24. The highest BCUT2D eigenvalue weighted by Crippen LogP contribution is 2.38. The molecule has 1 heterocycles. The first-order valence-corrected chi connectivity index (χ1v) is 6.31. The van der Waals surface area contributed by atoms with Gasteiger partial charge in [-0.25, -0.2) is 4.98 Å². The van der Waals surface area contributed by atoms with E-state index in [4.69, 9.17) is 23.2 Å². The number of imidazole rings is 1. The lowest BCUT2D eigenvalue weighted by Gasteiger charge is -2.27. The minimum atomic E-state index is -0.487. The summed E-state index contributed by atoms with van der Waals surface area (Å²) >= 11 is 12.9. The zero-order valence-corrected chi connectivity index (χ0v) is 11.1. The summed E-state index contributed by atoms with van der Waals surface area (Å²) in [7, 11) is 0. The Labute approximate surface area is 111 Å². The van der Waals surface area contributed by atoms with E-state index >= 15 is 0 Å². The van der Waals surface area contributed by atoms with Crippen molar-refractivity contribution in [2.45, 2.75) is 24.8 Å². The summed E-state index contributed by atoms with van der Waals surface area (Å²) in [4.78, 5) is 3.54. The topological polar surface area (TPSA) is 17.8 Å². The fraction of sp³-hybridized carbons (Fsp3) is 0.308. The third-order valence-electron chi connectivity index (χ3n) is 2.91. The molecule has 0 amide bonds. The minimum Gasteiger partial charge on any atom is -0.335 e. The van der Waals surface area contributed by atoms with Crippen LogP contribution in [0.25, 0.3) is 0 Å². The average molecular weight is 269 g/mol. The van der Waals surface area contributed by atoms with Gasteiger partial charge in [0.1, 0.15) is 0 Å². The minimum absolute atomic E-state index is 0.487. The van der Waals surface area contributed by atoms with Gasteiger partial charge in [-0.15, -0.1) is 11.6 Å². The predicted octanol–water partition coefficient (Wildman–Crippen LogP) is 4.08. The Morgan fingerprint density at radius 1 is 1.35 bits per heavy atom. The molecule has 1 aromatic carbocycles. The Balaban J connectivity index is 2.34. The monoisotopic (exact) mass is 268 g/mol. The van der Waals surface area contributed by atoms with Gasteiger partial charge in [0.25, 0.3) is 0 Å². The van der Waals surface area contributed by atoms with Crippen LogP contribution in [0.15, 0.2) is 43.0 Å². The van der Waals surface area contributed by atoms with Gasteiger partial charge in [-0.3, -0.25) is 0 Å². The number of nitrogens with zero attached hydrogens (tertiary/aromatic N) is 2. The molecule has 2 rings (SSSR count). The van der Waals surface area contributed by atoms with E-state index in [0.717, 1.165) is 12.0 Å². The molecule has 17 heavy (non-hydrogen) atoms. The van der Waals surface area contributed by atoms with Crippen LogP contribution < -0.4 is 0 Å². The SMILES string of the molecule is CCC(Cl)(Cn1ccnc1)c1ccccc1Cl. The predicted molar refractivity (Wildman–Crippen MR) is 71.5 cm³/mol. The number of hydrogen-bond donors (Lipinski definition) is 0. The first-order valence-electron chi connectivity index (χ1n) is 5.55. The number of hydrogen-bond acceptors (Lipinski definition) is 1. The first-order chi connectivity index (χ1) is 8.15. The Bertz CT molecular complexity index is 482. The van der Waals surface area contributed by atoms with Crippen LogP contribution in [-0.2, 0) is 11.4 Å². The van der Waals surface area contributed by atoms with E-state index in [9.17, 15) is 0 Å². The van der Waals surface area contributed by atoms with Gasteiger partial charge in [0.2, 0.25) is 0 Å². The van der Waals surface area contributed by atoms with Crippen molar-refractivity contribution in [2.75, 3.05) is 0 Å². The maximum atomic E-state index is 6.71. The van der Waals surface area contributed by atoms with Crippen molar-refractivity contribution in [3.05, 3.63) is 53.6 Å². The summed E-state index contributed by atoms with van der Waals surface area (Å²) in [6, 6.07) is 7.73. The molecule has 1 atom stereocenters. The Hall–Kier alpha value is -0.990. The van der Waals surface area contributed by atoms with E-state index in [2.05, 4.69) is 11.9 Å². The molecular weight excluding hydrogens is 255 g/mol. The van der Waals surface area contributed by atoms with Crippen molar-refractivity contribution >= 4 is 23.2 Å². The van der Waals surface area contributed by atoms with Crippen LogP contribution in [0, 0.1) is 0 Å². The third kappa shape index (κ3) is 2.64. The summed E-state index contributed by atoms with van der Waals surface area (Å²) < 4.78 is 1.97. The molecule has 0 saturated carbocycles. The van der Waals surface area contributed by atoms with Gasteiger partial charge in [-0.05, 0) is 18.1 Å². The quantitative estimate of drug-likeness (QED) is 0.765.